The van der Waals surface area contributed by atoms with Crippen molar-refractivity contribution in [3.05, 3.63) is 65.2 Å². The van der Waals surface area contributed by atoms with E-state index >= 15 is 0 Å². The smallest absolute Gasteiger partial charge is 0.251 e. The Bertz CT molecular complexity index is 892. The van der Waals surface area contributed by atoms with Gasteiger partial charge in [-0.1, -0.05) is 36.4 Å². The van der Waals surface area contributed by atoms with Crippen molar-refractivity contribution in [3.63, 3.8) is 0 Å². The van der Waals surface area contributed by atoms with E-state index in [1.54, 1.807) is 12.1 Å². The number of hydrazine groups is 1. The number of nitrogens with one attached hydrogen (secondary N) is 3. The number of rotatable bonds is 5. The lowest BCUT2D eigenvalue weighted by Crippen LogP contribution is -2.27. The van der Waals surface area contributed by atoms with E-state index < -0.39 is 9.84 Å². The average Bonchev–Trinajstić information content (AvgIpc) is 3.15. The van der Waals surface area contributed by atoms with Crippen molar-refractivity contribution in [1.29, 1.82) is 0 Å². The molecule has 3 rings (SSSR count). The SMILES string of the molecule is C[C@@H](NC(=O)c1ccc(C2CNNC2)c(S(C)(=O)=O)c1)c1ccccc1. The first-order chi connectivity index (χ1) is 12.4. The molecule has 1 atom stereocenters. The van der Waals surface area contributed by atoms with Crippen LogP contribution in [-0.4, -0.2) is 33.7 Å². The highest BCUT2D eigenvalue weighted by Crippen LogP contribution is 2.26. The largest absolute Gasteiger partial charge is 0.346 e. The van der Waals surface area contributed by atoms with Crippen molar-refractivity contribution in [2.75, 3.05) is 19.3 Å². The molecule has 138 valence electrons. The van der Waals surface area contributed by atoms with E-state index in [2.05, 4.69) is 16.2 Å². The van der Waals surface area contributed by atoms with Crippen LogP contribution in [-0.2, 0) is 9.84 Å². The summed E-state index contributed by atoms with van der Waals surface area (Å²) in [6.07, 6.45) is 1.18. The van der Waals surface area contributed by atoms with E-state index in [1.807, 2.05) is 37.3 Å². The molecule has 0 spiro atoms. The van der Waals surface area contributed by atoms with Crippen LogP contribution in [0.4, 0.5) is 0 Å². The number of amides is 1. The minimum atomic E-state index is -3.44. The summed E-state index contributed by atoms with van der Waals surface area (Å²) in [6.45, 7) is 3.20. The van der Waals surface area contributed by atoms with Gasteiger partial charge in [-0.15, -0.1) is 0 Å². The number of hydrogen-bond donors (Lipinski definition) is 3. The van der Waals surface area contributed by atoms with Gasteiger partial charge in [-0.3, -0.25) is 15.6 Å². The van der Waals surface area contributed by atoms with E-state index in [0.717, 1.165) is 11.1 Å². The molecule has 1 aliphatic heterocycles. The van der Waals surface area contributed by atoms with E-state index in [4.69, 9.17) is 0 Å². The van der Waals surface area contributed by atoms with Crippen molar-refractivity contribution in [3.8, 4) is 0 Å². The molecule has 1 heterocycles. The molecular weight excluding hydrogens is 350 g/mol. The Morgan fingerprint density at radius 1 is 1.12 bits per heavy atom. The molecule has 2 aromatic carbocycles. The fourth-order valence-electron chi connectivity index (χ4n) is 3.12. The van der Waals surface area contributed by atoms with Crippen LogP contribution in [0.5, 0.6) is 0 Å². The van der Waals surface area contributed by atoms with Crippen molar-refractivity contribution in [2.45, 2.75) is 23.8 Å². The third-order valence-electron chi connectivity index (χ3n) is 4.58. The third-order valence-corrected chi connectivity index (χ3v) is 5.74. The van der Waals surface area contributed by atoms with Gasteiger partial charge in [0, 0.05) is 30.8 Å². The molecular formula is C19H23N3O3S. The van der Waals surface area contributed by atoms with Gasteiger partial charge in [-0.05, 0) is 30.2 Å². The Morgan fingerprint density at radius 2 is 1.77 bits per heavy atom. The van der Waals surface area contributed by atoms with E-state index in [1.165, 1.54) is 12.3 Å². The van der Waals surface area contributed by atoms with E-state index in [0.29, 0.717) is 18.7 Å². The summed E-state index contributed by atoms with van der Waals surface area (Å²) in [5, 5.41) is 2.92. The number of sulfone groups is 1. The standard InChI is InChI=1S/C19H23N3O3S/c1-13(14-6-4-3-5-7-14)22-19(23)15-8-9-17(16-11-20-21-12-16)18(10-15)26(2,24)25/h3-10,13,16,20-21H,11-12H2,1-2H3,(H,22,23)/t13-/m1/s1. The molecule has 1 amide bonds. The van der Waals surface area contributed by atoms with Crippen LogP contribution >= 0.6 is 0 Å². The lowest BCUT2D eigenvalue weighted by atomic mass is 9.98. The molecule has 1 saturated heterocycles. The fourth-order valence-corrected chi connectivity index (χ4v) is 4.13. The second-order valence-electron chi connectivity index (χ2n) is 6.59. The van der Waals surface area contributed by atoms with Crippen LogP contribution in [0.25, 0.3) is 0 Å². The predicted molar refractivity (Wildman–Crippen MR) is 101 cm³/mol. The molecule has 0 bridgehead atoms. The summed E-state index contributed by atoms with van der Waals surface area (Å²) < 4.78 is 24.5. The first kappa shape index (κ1) is 18.6. The van der Waals surface area contributed by atoms with Crippen molar-refractivity contribution >= 4 is 15.7 Å². The zero-order valence-electron chi connectivity index (χ0n) is 14.8. The van der Waals surface area contributed by atoms with Gasteiger partial charge in [0.25, 0.3) is 5.91 Å². The average molecular weight is 373 g/mol. The first-order valence-electron chi connectivity index (χ1n) is 8.52. The van der Waals surface area contributed by atoms with E-state index in [9.17, 15) is 13.2 Å². The molecule has 0 saturated carbocycles. The summed E-state index contributed by atoms with van der Waals surface area (Å²) in [4.78, 5) is 12.8. The second-order valence-corrected chi connectivity index (χ2v) is 8.57. The van der Waals surface area contributed by atoms with Crippen molar-refractivity contribution < 1.29 is 13.2 Å². The molecule has 3 N–H and O–H groups in total. The van der Waals surface area contributed by atoms with Crippen LogP contribution in [0.15, 0.2) is 53.4 Å². The number of benzene rings is 2. The predicted octanol–water partition coefficient (Wildman–Crippen LogP) is 1.77. The number of hydrogen-bond acceptors (Lipinski definition) is 5. The van der Waals surface area contributed by atoms with Gasteiger partial charge in [-0.25, -0.2) is 8.42 Å². The van der Waals surface area contributed by atoms with Gasteiger partial charge in [0.1, 0.15) is 0 Å². The summed E-state index contributed by atoms with van der Waals surface area (Å²) >= 11 is 0. The highest BCUT2D eigenvalue weighted by Gasteiger charge is 2.25. The molecule has 1 aliphatic rings. The second kappa shape index (κ2) is 7.57. The molecule has 6 nitrogen and oxygen atoms in total. The molecule has 7 heteroatoms. The minimum Gasteiger partial charge on any atom is -0.346 e. The number of carbonyl (C=O) groups is 1. The molecule has 0 aliphatic carbocycles. The van der Waals surface area contributed by atoms with Crippen LogP contribution in [0.1, 0.15) is 40.4 Å². The summed E-state index contributed by atoms with van der Waals surface area (Å²) in [5.74, 6) is -0.236. The molecule has 26 heavy (non-hydrogen) atoms. The summed E-state index contributed by atoms with van der Waals surface area (Å²) in [5.41, 5.74) is 8.08. The van der Waals surface area contributed by atoms with Crippen LogP contribution in [0.2, 0.25) is 0 Å². The van der Waals surface area contributed by atoms with Gasteiger partial charge >= 0.3 is 0 Å². The Labute approximate surface area is 153 Å². The normalized spacial score (nSPS) is 16.4. The Hall–Kier alpha value is -2.22. The zero-order chi connectivity index (χ0) is 18.7. The quantitative estimate of drug-likeness (QED) is 0.744. The van der Waals surface area contributed by atoms with Gasteiger partial charge in [0.05, 0.1) is 10.9 Å². The maximum Gasteiger partial charge on any atom is 0.251 e. The highest BCUT2D eigenvalue weighted by molar-refractivity contribution is 7.90. The van der Waals surface area contributed by atoms with Crippen LogP contribution in [0.3, 0.4) is 0 Å². The lowest BCUT2D eigenvalue weighted by molar-refractivity contribution is 0.0939. The molecule has 0 unspecified atom stereocenters. The lowest BCUT2D eigenvalue weighted by Gasteiger charge is -2.17. The van der Waals surface area contributed by atoms with Crippen LogP contribution < -0.4 is 16.2 Å². The van der Waals surface area contributed by atoms with Crippen LogP contribution in [0, 0.1) is 0 Å². The van der Waals surface area contributed by atoms with Gasteiger partial charge in [0.2, 0.25) is 0 Å². The molecule has 2 aromatic rings. The molecule has 0 aromatic heterocycles. The fraction of sp³-hybridized carbons (Fsp3) is 0.316. The Kier molecular flexibility index (Phi) is 5.41. The van der Waals surface area contributed by atoms with Crippen molar-refractivity contribution in [1.82, 2.24) is 16.2 Å². The maximum absolute atomic E-state index is 12.6. The Morgan fingerprint density at radius 3 is 2.38 bits per heavy atom. The minimum absolute atomic E-state index is 0.0556. The van der Waals surface area contributed by atoms with Gasteiger partial charge in [0.15, 0.2) is 9.84 Å². The van der Waals surface area contributed by atoms with Crippen molar-refractivity contribution in [2.24, 2.45) is 0 Å². The van der Waals surface area contributed by atoms with Gasteiger partial charge < -0.3 is 5.32 Å². The molecule has 1 fully saturated rings. The zero-order valence-corrected chi connectivity index (χ0v) is 15.6. The number of carbonyl (C=O) groups excluding carboxylic acids is 1. The Balaban J connectivity index is 1.87. The highest BCUT2D eigenvalue weighted by atomic mass is 32.2. The molecule has 0 radical (unpaired) electrons. The maximum atomic E-state index is 12.6. The first-order valence-corrected chi connectivity index (χ1v) is 10.4. The van der Waals surface area contributed by atoms with Gasteiger partial charge in [-0.2, -0.15) is 0 Å². The van der Waals surface area contributed by atoms with E-state index in [-0.39, 0.29) is 22.8 Å². The topological polar surface area (TPSA) is 87.3 Å². The summed E-state index contributed by atoms with van der Waals surface area (Å²) in [6, 6.07) is 14.4. The third kappa shape index (κ3) is 4.12. The monoisotopic (exact) mass is 373 g/mol. The summed E-state index contributed by atoms with van der Waals surface area (Å²) in [7, 11) is -3.44.